The largest absolute Gasteiger partial charge is 0.416 e. The number of rotatable bonds is 2. The minimum absolute atomic E-state index is 0.264. The molecule has 1 aliphatic rings. The highest BCUT2D eigenvalue weighted by Gasteiger charge is 2.30. The first-order chi connectivity index (χ1) is 8.47. The average Bonchev–Trinajstić information content (AvgIpc) is 2.82. The van der Waals surface area contributed by atoms with Gasteiger partial charge in [-0.1, -0.05) is 0 Å². The van der Waals surface area contributed by atoms with Crippen molar-refractivity contribution in [2.45, 2.75) is 18.6 Å². The Morgan fingerprint density at radius 1 is 1.28 bits per heavy atom. The fraction of sp³-hybridized carbons (Fsp3) is 0.364. The SMILES string of the molecule is O=C(Nc1ccc(C(F)(F)F)cc1)C1CCNN1. The molecule has 1 aromatic carbocycles. The van der Waals surface area contributed by atoms with E-state index in [1.54, 1.807) is 0 Å². The second-order valence-electron chi connectivity index (χ2n) is 3.98. The molecule has 0 bridgehead atoms. The molecule has 1 saturated heterocycles. The lowest BCUT2D eigenvalue weighted by molar-refractivity contribution is -0.137. The van der Waals surface area contributed by atoms with Crippen LogP contribution in [0.25, 0.3) is 0 Å². The van der Waals surface area contributed by atoms with Gasteiger partial charge in [0.15, 0.2) is 0 Å². The summed E-state index contributed by atoms with van der Waals surface area (Å²) in [4.78, 5) is 11.7. The van der Waals surface area contributed by atoms with E-state index in [1.807, 2.05) is 0 Å². The molecule has 0 aromatic heterocycles. The predicted molar refractivity (Wildman–Crippen MR) is 59.6 cm³/mol. The van der Waals surface area contributed by atoms with Crippen molar-refractivity contribution < 1.29 is 18.0 Å². The van der Waals surface area contributed by atoms with Crippen LogP contribution in [-0.2, 0) is 11.0 Å². The van der Waals surface area contributed by atoms with E-state index in [9.17, 15) is 18.0 Å². The molecule has 0 radical (unpaired) electrons. The summed E-state index contributed by atoms with van der Waals surface area (Å²) in [7, 11) is 0. The molecule has 98 valence electrons. The van der Waals surface area contributed by atoms with Gasteiger partial charge < -0.3 is 5.32 Å². The highest BCUT2D eigenvalue weighted by Crippen LogP contribution is 2.29. The maximum Gasteiger partial charge on any atom is 0.416 e. The molecular formula is C11H12F3N3O. The Morgan fingerprint density at radius 3 is 2.44 bits per heavy atom. The minimum atomic E-state index is -4.36. The first kappa shape index (κ1) is 12.8. The van der Waals surface area contributed by atoms with E-state index >= 15 is 0 Å². The number of hydrogen-bond acceptors (Lipinski definition) is 3. The molecule has 7 heteroatoms. The van der Waals surface area contributed by atoms with Gasteiger partial charge in [-0.2, -0.15) is 13.2 Å². The van der Waals surface area contributed by atoms with Gasteiger partial charge in [0.1, 0.15) is 6.04 Å². The second-order valence-corrected chi connectivity index (χ2v) is 3.98. The van der Waals surface area contributed by atoms with Gasteiger partial charge in [-0.15, -0.1) is 0 Å². The lowest BCUT2D eigenvalue weighted by atomic mass is 10.2. The van der Waals surface area contributed by atoms with Crippen molar-refractivity contribution in [3.8, 4) is 0 Å². The van der Waals surface area contributed by atoms with E-state index in [-0.39, 0.29) is 11.9 Å². The van der Waals surface area contributed by atoms with Crippen molar-refractivity contribution in [3.63, 3.8) is 0 Å². The van der Waals surface area contributed by atoms with Crippen LogP contribution in [-0.4, -0.2) is 18.5 Å². The molecular weight excluding hydrogens is 247 g/mol. The van der Waals surface area contributed by atoms with Crippen LogP contribution in [0.5, 0.6) is 0 Å². The highest BCUT2D eigenvalue weighted by atomic mass is 19.4. The maximum atomic E-state index is 12.3. The zero-order chi connectivity index (χ0) is 13.2. The zero-order valence-corrected chi connectivity index (χ0v) is 9.34. The normalized spacial score (nSPS) is 19.8. The summed E-state index contributed by atoms with van der Waals surface area (Å²) in [5, 5.41) is 2.55. The van der Waals surface area contributed by atoms with Crippen LogP contribution in [0, 0.1) is 0 Å². The third-order valence-corrected chi connectivity index (χ3v) is 2.63. The van der Waals surface area contributed by atoms with E-state index in [0.29, 0.717) is 18.7 Å². The maximum absolute atomic E-state index is 12.3. The summed E-state index contributed by atoms with van der Waals surface area (Å²) >= 11 is 0. The Morgan fingerprint density at radius 2 is 1.94 bits per heavy atom. The molecule has 1 atom stereocenters. The van der Waals surface area contributed by atoms with Crippen molar-refractivity contribution in [1.82, 2.24) is 10.9 Å². The van der Waals surface area contributed by atoms with Crippen molar-refractivity contribution in [2.24, 2.45) is 0 Å². The number of amides is 1. The molecule has 4 nitrogen and oxygen atoms in total. The Hall–Kier alpha value is -1.60. The second kappa shape index (κ2) is 4.95. The number of anilines is 1. The van der Waals surface area contributed by atoms with E-state index in [0.717, 1.165) is 12.1 Å². The Bertz CT molecular complexity index is 424. The Balaban J connectivity index is 2.00. The van der Waals surface area contributed by atoms with Crippen molar-refractivity contribution in [1.29, 1.82) is 0 Å². The number of benzene rings is 1. The van der Waals surface area contributed by atoms with Gasteiger partial charge >= 0.3 is 6.18 Å². The number of halogens is 3. The quantitative estimate of drug-likeness (QED) is 0.754. The fourth-order valence-corrected chi connectivity index (χ4v) is 1.65. The molecule has 3 N–H and O–H groups in total. The van der Waals surface area contributed by atoms with Crippen molar-refractivity contribution in [3.05, 3.63) is 29.8 Å². The highest BCUT2D eigenvalue weighted by molar-refractivity contribution is 5.94. The summed E-state index contributed by atoms with van der Waals surface area (Å²) in [6.07, 6.45) is -3.72. The lowest BCUT2D eigenvalue weighted by Crippen LogP contribution is -2.39. The first-order valence-electron chi connectivity index (χ1n) is 5.43. The van der Waals surface area contributed by atoms with Gasteiger partial charge in [-0.05, 0) is 30.7 Å². The zero-order valence-electron chi connectivity index (χ0n) is 9.34. The van der Waals surface area contributed by atoms with E-state index in [1.165, 1.54) is 12.1 Å². The fourth-order valence-electron chi connectivity index (χ4n) is 1.65. The molecule has 0 spiro atoms. The third kappa shape index (κ3) is 2.99. The average molecular weight is 259 g/mol. The van der Waals surface area contributed by atoms with Crippen LogP contribution in [0.1, 0.15) is 12.0 Å². The van der Waals surface area contributed by atoms with Crippen molar-refractivity contribution >= 4 is 11.6 Å². The first-order valence-corrected chi connectivity index (χ1v) is 5.43. The summed E-state index contributed by atoms with van der Waals surface area (Å²) in [5.41, 5.74) is 5.19. The van der Waals surface area contributed by atoms with E-state index in [4.69, 9.17) is 0 Å². The van der Waals surface area contributed by atoms with Gasteiger partial charge in [0, 0.05) is 12.2 Å². The number of hydrazine groups is 1. The summed E-state index contributed by atoms with van der Waals surface area (Å²) < 4.78 is 37.0. The van der Waals surface area contributed by atoms with Gasteiger partial charge in [0.25, 0.3) is 0 Å². The number of carbonyl (C=O) groups is 1. The molecule has 1 amide bonds. The van der Waals surface area contributed by atoms with Crippen LogP contribution in [0.4, 0.5) is 18.9 Å². The number of alkyl halides is 3. The lowest BCUT2D eigenvalue weighted by Gasteiger charge is -2.11. The Kier molecular flexibility index (Phi) is 3.53. The molecule has 0 aliphatic carbocycles. The minimum Gasteiger partial charge on any atom is -0.325 e. The molecule has 1 aliphatic heterocycles. The third-order valence-electron chi connectivity index (χ3n) is 2.63. The van der Waals surface area contributed by atoms with Gasteiger partial charge in [-0.25, -0.2) is 5.43 Å². The number of carbonyl (C=O) groups excluding carboxylic acids is 1. The molecule has 18 heavy (non-hydrogen) atoms. The van der Waals surface area contributed by atoms with Crippen molar-refractivity contribution in [2.75, 3.05) is 11.9 Å². The van der Waals surface area contributed by atoms with Crippen LogP contribution < -0.4 is 16.2 Å². The molecule has 1 heterocycles. The van der Waals surface area contributed by atoms with Crippen LogP contribution in [0.2, 0.25) is 0 Å². The van der Waals surface area contributed by atoms with Crippen LogP contribution >= 0.6 is 0 Å². The summed E-state index contributed by atoms with van der Waals surface area (Å²) in [6.45, 7) is 0.686. The topological polar surface area (TPSA) is 53.2 Å². The molecule has 1 aromatic rings. The number of nitrogens with one attached hydrogen (secondary N) is 3. The standard InChI is InChI=1S/C11H12F3N3O/c12-11(13,14)7-1-3-8(4-2-7)16-10(18)9-5-6-15-17-9/h1-4,9,15,17H,5-6H2,(H,16,18). The van der Waals surface area contributed by atoms with Crippen LogP contribution in [0.15, 0.2) is 24.3 Å². The predicted octanol–water partition coefficient (Wildman–Crippen LogP) is 1.51. The molecule has 1 unspecified atom stereocenters. The van der Waals surface area contributed by atoms with Gasteiger partial charge in [-0.3, -0.25) is 10.2 Å². The Labute approximate surface area is 102 Å². The monoisotopic (exact) mass is 259 g/mol. The van der Waals surface area contributed by atoms with E-state index in [2.05, 4.69) is 16.2 Å². The summed E-state index contributed by atoms with van der Waals surface area (Å²) in [5.74, 6) is -0.264. The molecule has 0 saturated carbocycles. The van der Waals surface area contributed by atoms with Gasteiger partial charge in [0.05, 0.1) is 5.56 Å². The van der Waals surface area contributed by atoms with Crippen LogP contribution in [0.3, 0.4) is 0 Å². The van der Waals surface area contributed by atoms with E-state index < -0.39 is 11.7 Å². The van der Waals surface area contributed by atoms with Gasteiger partial charge in [0.2, 0.25) is 5.91 Å². The number of hydrogen-bond donors (Lipinski definition) is 3. The molecule has 2 rings (SSSR count). The molecule has 1 fully saturated rings. The summed E-state index contributed by atoms with van der Waals surface area (Å²) in [6, 6.07) is 4.00. The smallest absolute Gasteiger partial charge is 0.325 e.